The molecule has 0 radical (unpaired) electrons. The Hall–Kier alpha value is -0.930. The van der Waals surface area contributed by atoms with Gasteiger partial charge in [0.15, 0.2) is 0 Å². The van der Waals surface area contributed by atoms with Crippen molar-refractivity contribution < 1.29 is 9.72 Å². The van der Waals surface area contributed by atoms with Crippen molar-refractivity contribution >= 4 is 5.78 Å². The Morgan fingerprint density at radius 1 is 1.06 bits per heavy atom. The van der Waals surface area contributed by atoms with Gasteiger partial charge in [-0.2, -0.15) is 0 Å². The summed E-state index contributed by atoms with van der Waals surface area (Å²) in [6.45, 7) is 1.83. The number of hydrogen-bond acceptors (Lipinski definition) is 3. The molecule has 1 aliphatic rings. The van der Waals surface area contributed by atoms with Crippen molar-refractivity contribution in [2.24, 2.45) is 5.92 Å². The van der Waals surface area contributed by atoms with Crippen LogP contribution in [0.25, 0.3) is 0 Å². The molecule has 0 heterocycles. The summed E-state index contributed by atoms with van der Waals surface area (Å²) in [7, 11) is 0. The van der Waals surface area contributed by atoms with Gasteiger partial charge in [-0.05, 0) is 12.8 Å². The highest BCUT2D eigenvalue weighted by Crippen LogP contribution is 2.20. The highest BCUT2D eigenvalue weighted by atomic mass is 16.6. The van der Waals surface area contributed by atoms with E-state index in [0.29, 0.717) is 6.42 Å². The molecule has 2 atom stereocenters. The van der Waals surface area contributed by atoms with Gasteiger partial charge in [0, 0.05) is 17.3 Å². The van der Waals surface area contributed by atoms with Gasteiger partial charge in [0.05, 0.1) is 0 Å². The summed E-state index contributed by atoms with van der Waals surface area (Å²) in [5, 5.41) is 10.8. The summed E-state index contributed by atoms with van der Waals surface area (Å²) in [5.74, 6) is -0.305. The number of carbonyl (C=O) groups is 1. The van der Waals surface area contributed by atoms with Crippen LogP contribution in [0.1, 0.15) is 58.3 Å². The molecule has 92 valence electrons. The van der Waals surface area contributed by atoms with Crippen LogP contribution in [0.5, 0.6) is 0 Å². The summed E-state index contributed by atoms with van der Waals surface area (Å²) in [5.41, 5.74) is 0. The second kappa shape index (κ2) is 6.61. The molecule has 0 amide bonds. The third kappa shape index (κ3) is 3.91. The van der Waals surface area contributed by atoms with E-state index < -0.39 is 11.0 Å². The second-order valence-electron chi connectivity index (χ2n) is 4.80. The lowest BCUT2D eigenvalue weighted by atomic mass is 9.93. The highest BCUT2D eigenvalue weighted by molar-refractivity contribution is 5.84. The number of carbonyl (C=O) groups excluding carboxylic acids is 1. The SMILES string of the molecule is CC1CCCCCCCCC([N+](=O)[O-])C1=O. The van der Waals surface area contributed by atoms with Gasteiger partial charge in [0.1, 0.15) is 0 Å². The maximum atomic E-state index is 11.9. The molecule has 1 aliphatic carbocycles. The van der Waals surface area contributed by atoms with Crippen molar-refractivity contribution in [3.05, 3.63) is 10.1 Å². The van der Waals surface area contributed by atoms with E-state index in [2.05, 4.69) is 0 Å². The molecule has 0 aromatic heterocycles. The van der Waals surface area contributed by atoms with Gasteiger partial charge in [-0.3, -0.25) is 14.9 Å². The summed E-state index contributed by atoms with van der Waals surface area (Å²) in [6.07, 6.45) is 7.59. The first kappa shape index (κ1) is 13.1. The largest absolute Gasteiger partial charge is 0.292 e. The Morgan fingerprint density at radius 3 is 2.12 bits per heavy atom. The first-order chi connectivity index (χ1) is 7.63. The Bertz CT molecular complexity index is 253. The Kier molecular flexibility index (Phi) is 5.43. The van der Waals surface area contributed by atoms with Crippen LogP contribution in [0, 0.1) is 16.0 Å². The zero-order valence-corrected chi connectivity index (χ0v) is 9.98. The molecule has 1 saturated carbocycles. The van der Waals surface area contributed by atoms with E-state index in [0.717, 1.165) is 38.5 Å². The fourth-order valence-corrected chi connectivity index (χ4v) is 2.32. The minimum atomic E-state index is -0.951. The summed E-state index contributed by atoms with van der Waals surface area (Å²) in [6, 6.07) is -0.951. The molecule has 1 fully saturated rings. The van der Waals surface area contributed by atoms with Crippen LogP contribution >= 0.6 is 0 Å². The smallest absolute Gasteiger partial charge is 0.270 e. The first-order valence-corrected chi connectivity index (χ1v) is 6.30. The van der Waals surface area contributed by atoms with Crippen LogP contribution in [0.3, 0.4) is 0 Å². The van der Waals surface area contributed by atoms with Gasteiger partial charge in [0.2, 0.25) is 5.78 Å². The molecule has 4 nitrogen and oxygen atoms in total. The molecule has 0 bridgehead atoms. The Balaban J connectivity index is 2.64. The molecule has 0 aromatic rings. The van der Waals surface area contributed by atoms with E-state index in [4.69, 9.17) is 0 Å². The average Bonchev–Trinajstić information content (AvgIpc) is 2.27. The number of hydrogen-bond donors (Lipinski definition) is 0. The Morgan fingerprint density at radius 2 is 1.56 bits per heavy atom. The monoisotopic (exact) mass is 227 g/mol. The van der Waals surface area contributed by atoms with Crippen LogP contribution in [-0.2, 0) is 4.79 Å². The van der Waals surface area contributed by atoms with E-state index in [1.54, 1.807) is 0 Å². The lowest BCUT2D eigenvalue weighted by molar-refractivity contribution is -0.508. The van der Waals surface area contributed by atoms with Crippen molar-refractivity contribution in [3.8, 4) is 0 Å². The molecule has 4 heteroatoms. The van der Waals surface area contributed by atoms with Gasteiger partial charge in [0.25, 0.3) is 6.04 Å². The predicted molar refractivity (Wildman–Crippen MR) is 61.9 cm³/mol. The van der Waals surface area contributed by atoms with Crippen molar-refractivity contribution in [2.45, 2.75) is 64.3 Å². The normalized spacial score (nSPS) is 29.4. The van der Waals surface area contributed by atoms with Crippen molar-refractivity contribution in [3.63, 3.8) is 0 Å². The fourth-order valence-electron chi connectivity index (χ4n) is 2.32. The van der Waals surface area contributed by atoms with Crippen LogP contribution in [0.15, 0.2) is 0 Å². The summed E-state index contributed by atoms with van der Waals surface area (Å²) in [4.78, 5) is 22.3. The van der Waals surface area contributed by atoms with Crippen molar-refractivity contribution in [1.29, 1.82) is 0 Å². The number of nitrogens with zero attached hydrogens (tertiary/aromatic N) is 1. The fraction of sp³-hybridized carbons (Fsp3) is 0.917. The van der Waals surface area contributed by atoms with Gasteiger partial charge in [-0.1, -0.05) is 39.0 Å². The molecule has 0 aliphatic heterocycles. The van der Waals surface area contributed by atoms with Crippen molar-refractivity contribution in [1.82, 2.24) is 0 Å². The lowest BCUT2D eigenvalue weighted by Gasteiger charge is -2.12. The molecule has 0 spiro atoms. The maximum absolute atomic E-state index is 11.9. The van der Waals surface area contributed by atoms with E-state index in [9.17, 15) is 14.9 Å². The van der Waals surface area contributed by atoms with Gasteiger partial charge < -0.3 is 0 Å². The van der Waals surface area contributed by atoms with Crippen molar-refractivity contribution in [2.75, 3.05) is 0 Å². The number of nitro groups is 1. The third-order valence-corrected chi connectivity index (χ3v) is 3.43. The lowest BCUT2D eigenvalue weighted by Crippen LogP contribution is -2.33. The molecular weight excluding hydrogens is 206 g/mol. The zero-order valence-electron chi connectivity index (χ0n) is 9.98. The third-order valence-electron chi connectivity index (χ3n) is 3.43. The van der Waals surface area contributed by atoms with Crippen LogP contribution in [0.2, 0.25) is 0 Å². The molecule has 0 aromatic carbocycles. The van der Waals surface area contributed by atoms with Gasteiger partial charge >= 0.3 is 0 Å². The first-order valence-electron chi connectivity index (χ1n) is 6.30. The molecule has 0 saturated heterocycles. The van der Waals surface area contributed by atoms with E-state index in [1.165, 1.54) is 6.42 Å². The maximum Gasteiger partial charge on any atom is 0.270 e. The molecule has 0 N–H and O–H groups in total. The molecular formula is C12H21NO3. The van der Waals surface area contributed by atoms with E-state index in [-0.39, 0.29) is 11.7 Å². The minimum absolute atomic E-state index is 0.145. The van der Waals surface area contributed by atoms with Gasteiger partial charge in [-0.15, -0.1) is 0 Å². The van der Waals surface area contributed by atoms with Crippen LogP contribution in [0.4, 0.5) is 0 Å². The highest BCUT2D eigenvalue weighted by Gasteiger charge is 2.32. The topological polar surface area (TPSA) is 60.2 Å². The average molecular weight is 227 g/mol. The quantitative estimate of drug-likeness (QED) is 0.511. The Labute approximate surface area is 96.6 Å². The molecule has 16 heavy (non-hydrogen) atoms. The van der Waals surface area contributed by atoms with E-state index in [1.807, 2.05) is 6.92 Å². The second-order valence-corrected chi connectivity index (χ2v) is 4.80. The standard InChI is InChI=1S/C12H21NO3/c1-10-8-6-4-2-3-5-7-9-11(12(10)14)13(15)16/h10-11H,2-9H2,1H3. The van der Waals surface area contributed by atoms with E-state index >= 15 is 0 Å². The predicted octanol–water partition coefficient (Wildman–Crippen LogP) is 2.97. The number of ketones is 1. The van der Waals surface area contributed by atoms with Crippen LogP contribution < -0.4 is 0 Å². The number of rotatable bonds is 1. The molecule has 2 unspecified atom stereocenters. The van der Waals surface area contributed by atoms with Gasteiger partial charge in [-0.25, -0.2) is 0 Å². The number of Topliss-reactive ketones (excluding diaryl/α,β-unsaturated/α-hetero) is 1. The van der Waals surface area contributed by atoms with Crippen LogP contribution in [-0.4, -0.2) is 16.7 Å². The molecule has 1 rings (SSSR count). The summed E-state index contributed by atoms with van der Waals surface area (Å²) < 4.78 is 0. The summed E-state index contributed by atoms with van der Waals surface area (Å²) >= 11 is 0. The zero-order chi connectivity index (χ0) is 12.0. The minimum Gasteiger partial charge on any atom is -0.292 e.